The first-order valence-electron chi connectivity index (χ1n) is 30.9. The minimum absolute atomic E-state index is 0.0613. The van der Waals surface area contributed by atoms with Crippen LogP contribution in [0.1, 0.15) is 355 Å². The van der Waals surface area contributed by atoms with E-state index in [1.165, 1.54) is 250 Å². The van der Waals surface area contributed by atoms with Gasteiger partial charge >= 0.3 is 17.9 Å². The molecule has 0 fully saturated rings. The van der Waals surface area contributed by atoms with Gasteiger partial charge in [-0.1, -0.05) is 317 Å². The highest BCUT2D eigenvalue weighted by atomic mass is 16.6. The Morgan fingerprint density at radius 2 is 0.485 bits per heavy atom. The van der Waals surface area contributed by atoms with Crippen LogP contribution in [0.2, 0.25) is 0 Å². The molecule has 0 spiro atoms. The Bertz CT molecular complexity index is 1030. The number of esters is 3. The van der Waals surface area contributed by atoms with Crippen LogP contribution in [0.4, 0.5) is 0 Å². The molecule has 0 radical (unpaired) electrons. The second-order valence-corrected chi connectivity index (χ2v) is 21.8. The quantitative estimate of drug-likeness (QED) is 0.0343. The van der Waals surface area contributed by atoms with E-state index in [-0.39, 0.29) is 31.1 Å². The van der Waals surface area contributed by atoms with Crippen molar-refractivity contribution in [2.45, 2.75) is 361 Å². The molecule has 0 unspecified atom stereocenters. The first-order valence-corrected chi connectivity index (χ1v) is 30.9. The van der Waals surface area contributed by atoms with Crippen molar-refractivity contribution in [1.82, 2.24) is 0 Å². The van der Waals surface area contributed by atoms with Gasteiger partial charge in [-0.25, -0.2) is 0 Å². The molecule has 0 amide bonds. The lowest BCUT2D eigenvalue weighted by Crippen LogP contribution is -2.30. The van der Waals surface area contributed by atoms with E-state index >= 15 is 0 Å². The molecule has 0 rings (SSSR count). The number of unbranched alkanes of at least 4 members (excludes halogenated alkanes) is 44. The summed E-state index contributed by atoms with van der Waals surface area (Å²) in [5.74, 6) is 0.0291. The molecule has 0 bridgehead atoms. The van der Waals surface area contributed by atoms with Crippen molar-refractivity contribution in [2.75, 3.05) is 13.2 Å². The normalized spacial score (nSPS) is 12.0. The molecule has 0 aliphatic carbocycles. The van der Waals surface area contributed by atoms with Crippen molar-refractivity contribution in [3.05, 3.63) is 0 Å². The number of ether oxygens (including phenoxy) is 3. The monoisotopic (exact) mass is 961 g/mol. The fourth-order valence-electron chi connectivity index (χ4n) is 9.63. The van der Waals surface area contributed by atoms with Crippen LogP contribution >= 0.6 is 0 Å². The van der Waals surface area contributed by atoms with Gasteiger partial charge in [-0.05, 0) is 25.2 Å². The average Bonchev–Trinajstić information content (AvgIpc) is 3.32. The fourth-order valence-corrected chi connectivity index (χ4v) is 9.63. The maximum atomic E-state index is 12.9. The van der Waals surface area contributed by atoms with Crippen LogP contribution in [0.5, 0.6) is 0 Å². The van der Waals surface area contributed by atoms with Gasteiger partial charge in [-0.3, -0.25) is 14.4 Å². The fraction of sp³-hybridized carbons (Fsp3) is 0.952. The summed E-state index contributed by atoms with van der Waals surface area (Å²) in [7, 11) is 0. The Hall–Kier alpha value is -1.59. The van der Waals surface area contributed by atoms with E-state index in [1.54, 1.807) is 0 Å². The van der Waals surface area contributed by atoms with E-state index in [0.717, 1.165) is 63.7 Å². The summed E-state index contributed by atoms with van der Waals surface area (Å²) in [6.07, 6.45) is 62.4. The average molecular weight is 962 g/mol. The molecule has 68 heavy (non-hydrogen) atoms. The zero-order chi connectivity index (χ0) is 49.5. The maximum absolute atomic E-state index is 12.9. The lowest BCUT2D eigenvalue weighted by atomic mass is 10.0. The third kappa shape index (κ3) is 55.3. The van der Waals surface area contributed by atoms with E-state index in [4.69, 9.17) is 14.2 Å². The van der Waals surface area contributed by atoms with Gasteiger partial charge in [-0.2, -0.15) is 0 Å². The molecular weight excluding hydrogens is 841 g/mol. The number of carbonyl (C=O) groups is 3. The Kier molecular flexibility index (Phi) is 55.0. The molecule has 0 aromatic heterocycles. The zero-order valence-corrected chi connectivity index (χ0v) is 46.6. The van der Waals surface area contributed by atoms with Crippen LogP contribution < -0.4 is 0 Å². The summed E-state index contributed by atoms with van der Waals surface area (Å²) in [6.45, 7) is 9.09. The van der Waals surface area contributed by atoms with E-state index in [9.17, 15) is 14.4 Å². The Morgan fingerprint density at radius 1 is 0.279 bits per heavy atom. The highest BCUT2D eigenvalue weighted by molar-refractivity contribution is 5.71. The summed E-state index contributed by atoms with van der Waals surface area (Å²) in [6, 6.07) is 0. The molecule has 6 nitrogen and oxygen atoms in total. The Balaban J connectivity index is 4.24. The third-order valence-corrected chi connectivity index (χ3v) is 14.3. The van der Waals surface area contributed by atoms with Gasteiger partial charge in [0.15, 0.2) is 6.10 Å². The van der Waals surface area contributed by atoms with Crippen LogP contribution in [0.25, 0.3) is 0 Å². The molecule has 0 saturated heterocycles. The van der Waals surface area contributed by atoms with Crippen molar-refractivity contribution < 1.29 is 28.6 Å². The van der Waals surface area contributed by atoms with Crippen molar-refractivity contribution in [3.63, 3.8) is 0 Å². The van der Waals surface area contributed by atoms with Crippen LogP contribution in [0.3, 0.4) is 0 Å². The van der Waals surface area contributed by atoms with E-state index < -0.39 is 6.10 Å². The van der Waals surface area contributed by atoms with Gasteiger partial charge < -0.3 is 14.2 Å². The van der Waals surface area contributed by atoms with E-state index in [0.29, 0.717) is 19.3 Å². The Morgan fingerprint density at radius 3 is 0.721 bits per heavy atom. The van der Waals surface area contributed by atoms with Crippen LogP contribution in [-0.4, -0.2) is 37.2 Å². The SMILES string of the molecule is CCCCCCCCCCCCCCCCCCC(=O)O[C@H](COC(=O)CCCCCCCCCCCCCCC)COC(=O)CCCCCCCCCCCCCCCCCCCCC(C)C. The van der Waals surface area contributed by atoms with Crippen molar-refractivity contribution in [3.8, 4) is 0 Å². The largest absolute Gasteiger partial charge is 0.462 e. The second-order valence-electron chi connectivity index (χ2n) is 21.8. The molecule has 0 aliphatic rings. The van der Waals surface area contributed by atoms with Gasteiger partial charge in [0.25, 0.3) is 0 Å². The van der Waals surface area contributed by atoms with Gasteiger partial charge in [0.2, 0.25) is 0 Å². The molecule has 0 saturated carbocycles. The first-order chi connectivity index (χ1) is 33.4. The summed E-state index contributed by atoms with van der Waals surface area (Å²) in [4.78, 5) is 38.2. The molecule has 0 heterocycles. The first kappa shape index (κ1) is 66.4. The lowest BCUT2D eigenvalue weighted by molar-refractivity contribution is -0.167. The van der Waals surface area contributed by atoms with Gasteiger partial charge in [0.1, 0.15) is 13.2 Å². The van der Waals surface area contributed by atoms with E-state index in [1.807, 2.05) is 0 Å². The smallest absolute Gasteiger partial charge is 0.306 e. The maximum Gasteiger partial charge on any atom is 0.306 e. The predicted molar refractivity (Wildman–Crippen MR) is 293 cm³/mol. The number of hydrogen-bond donors (Lipinski definition) is 0. The van der Waals surface area contributed by atoms with Crippen LogP contribution in [0, 0.1) is 5.92 Å². The topological polar surface area (TPSA) is 78.9 Å². The van der Waals surface area contributed by atoms with Crippen molar-refractivity contribution in [2.24, 2.45) is 5.92 Å². The number of hydrogen-bond acceptors (Lipinski definition) is 6. The molecule has 404 valence electrons. The molecule has 6 heteroatoms. The molecule has 0 aromatic rings. The number of rotatable bonds is 57. The second kappa shape index (κ2) is 56.3. The summed E-state index contributed by atoms with van der Waals surface area (Å²) >= 11 is 0. The summed E-state index contributed by atoms with van der Waals surface area (Å²) in [5, 5.41) is 0. The van der Waals surface area contributed by atoms with Crippen molar-refractivity contribution in [1.29, 1.82) is 0 Å². The van der Waals surface area contributed by atoms with Crippen molar-refractivity contribution >= 4 is 17.9 Å². The van der Waals surface area contributed by atoms with Gasteiger partial charge in [-0.15, -0.1) is 0 Å². The molecule has 0 N–H and O–H groups in total. The summed E-state index contributed by atoms with van der Waals surface area (Å²) in [5.41, 5.74) is 0. The minimum atomic E-state index is -0.762. The van der Waals surface area contributed by atoms with Gasteiger partial charge in [0.05, 0.1) is 0 Å². The molecule has 0 aromatic carbocycles. The standard InChI is InChI=1S/C62H120O6/c1-5-7-9-11-13-15-17-19-20-26-31-35-39-43-47-51-55-62(65)68-59(56-66-60(63)53-49-45-41-37-33-28-18-16-14-12-10-8-6-2)57-67-61(64)54-50-46-42-38-34-30-27-24-22-21-23-25-29-32-36-40-44-48-52-58(3)4/h58-59H,5-57H2,1-4H3/t59-/m1/s1. The summed E-state index contributed by atoms with van der Waals surface area (Å²) < 4.78 is 16.9. The predicted octanol–water partition coefficient (Wildman–Crippen LogP) is 20.6. The molecular formula is C62H120O6. The third-order valence-electron chi connectivity index (χ3n) is 14.3. The molecule has 1 atom stereocenters. The Labute approximate surface area is 425 Å². The molecule has 0 aliphatic heterocycles. The lowest BCUT2D eigenvalue weighted by Gasteiger charge is -2.18. The van der Waals surface area contributed by atoms with E-state index in [2.05, 4.69) is 27.7 Å². The van der Waals surface area contributed by atoms with Gasteiger partial charge in [0, 0.05) is 19.3 Å². The zero-order valence-electron chi connectivity index (χ0n) is 46.6. The minimum Gasteiger partial charge on any atom is -0.462 e. The number of carbonyl (C=O) groups excluding carboxylic acids is 3. The van der Waals surface area contributed by atoms with Crippen LogP contribution in [-0.2, 0) is 28.6 Å². The highest BCUT2D eigenvalue weighted by Gasteiger charge is 2.19. The van der Waals surface area contributed by atoms with Crippen LogP contribution in [0.15, 0.2) is 0 Å². The highest BCUT2D eigenvalue weighted by Crippen LogP contribution is 2.18.